The summed E-state index contributed by atoms with van der Waals surface area (Å²) in [6, 6.07) is 1.82. The van der Waals surface area contributed by atoms with Gasteiger partial charge in [-0.15, -0.1) is 5.10 Å². The van der Waals surface area contributed by atoms with Crippen LogP contribution in [0.4, 0.5) is 0 Å². The van der Waals surface area contributed by atoms with Crippen LogP contribution in [0.25, 0.3) is 11.5 Å². The largest absolute Gasteiger partial charge is 0.337 e. The third-order valence-electron chi connectivity index (χ3n) is 2.50. The molecule has 0 saturated carbocycles. The predicted molar refractivity (Wildman–Crippen MR) is 63.5 cm³/mol. The number of aromatic nitrogens is 7. The summed E-state index contributed by atoms with van der Waals surface area (Å²) in [7, 11) is 1.83. The van der Waals surface area contributed by atoms with E-state index < -0.39 is 0 Å². The number of nitrogens with two attached hydrogens (primary N) is 1. The second kappa shape index (κ2) is 4.61. The molecule has 3 aromatic heterocycles. The molecule has 3 aromatic rings. The smallest absolute Gasteiger partial charge is 0.248 e. The minimum absolute atomic E-state index is 0.350. The molecule has 0 bridgehead atoms. The highest BCUT2D eigenvalue weighted by Crippen LogP contribution is 2.12. The zero-order valence-corrected chi connectivity index (χ0v) is 10.3. The van der Waals surface area contributed by atoms with Crippen LogP contribution in [-0.2, 0) is 20.1 Å². The first-order valence-corrected chi connectivity index (χ1v) is 5.66. The van der Waals surface area contributed by atoms with Gasteiger partial charge in [0.2, 0.25) is 11.7 Å². The van der Waals surface area contributed by atoms with Gasteiger partial charge in [0, 0.05) is 19.8 Å². The fourth-order valence-electron chi connectivity index (χ4n) is 1.61. The van der Waals surface area contributed by atoms with Gasteiger partial charge in [0.1, 0.15) is 12.2 Å². The molecule has 0 aliphatic carbocycles. The molecule has 0 aliphatic rings. The topological polar surface area (TPSA) is 113 Å². The van der Waals surface area contributed by atoms with E-state index in [0.717, 1.165) is 0 Å². The molecule has 2 N–H and O–H groups in total. The molecule has 3 rings (SSSR count). The quantitative estimate of drug-likeness (QED) is 0.676. The van der Waals surface area contributed by atoms with Gasteiger partial charge in [-0.2, -0.15) is 10.1 Å². The fourth-order valence-corrected chi connectivity index (χ4v) is 1.61. The van der Waals surface area contributed by atoms with E-state index in [2.05, 4.69) is 25.6 Å². The monoisotopic (exact) mass is 260 g/mol. The minimum atomic E-state index is 0.350. The maximum atomic E-state index is 5.46. The van der Waals surface area contributed by atoms with E-state index in [1.165, 1.54) is 0 Å². The van der Waals surface area contributed by atoms with Crippen molar-refractivity contribution < 1.29 is 4.52 Å². The number of aryl methyl sites for hydroxylation is 1. The molecule has 0 spiro atoms. The van der Waals surface area contributed by atoms with Crippen LogP contribution in [-0.4, -0.2) is 34.9 Å². The molecular formula is C10H12N8O. The Hall–Kier alpha value is -2.55. The summed E-state index contributed by atoms with van der Waals surface area (Å²) >= 11 is 0. The van der Waals surface area contributed by atoms with Gasteiger partial charge in [-0.1, -0.05) is 10.4 Å². The van der Waals surface area contributed by atoms with Crippen LogP contribution in [0.5, 0.6) is 0 Å². The summed E-state index contributed by atoms with van der Waals surface area (Å²) in [6.07, 6.45) is 3.56. The standard InChI is InChI=1S/C10H12N8O/c1-17-3-2-8(14-17)10-12-9(19-15-10)6-18-5-7(4-11)13-16-18/h2-3,5H,4,6,11H2,1H3. The van der Waals surface area contributed by atoms with Crippen LogP contribution >= 0.6 is 0 Å². The molecule has 9 heteroatoms. The van der Waals surface area contributed by atoms with Crippen molar-refractivity contribution in [1.29, 1.82) is 0 Å². The van der Waals surface area contributed by atoms with Crippen LogP contribution in [0.3, 0.4) is 0 Å². The van der Waals surface area contributed by atoms with Crippen molar-refractivity contribution in [1.82, 2.24) is 34.9 Å². The molecule has 0 unspecified atom stereocenters. The Morgan fingerprint density at radius 2 is 2.32 bits per heavy atom. The van der Waals surface area contributed by atoms with Crippen molar-refractivity contribution >= 4 is 0 Å². The van der Waals surface area contributed by atoms with Crippen LogP contribution in [0.15, 0.2) is 23.0 Å². The zero-order valence-electron chi connectivity index (χ0n) is 10.3. The van der Waals surface area contributed by atoms with Gasteiger partial charge in [-0.25, -0.2) is 4.68 Å². The lowest BCUT2D eigenvalue weighted by Gasteiger charge is -1.91. The SMILES string of the molecule is Cn1ccc(-c2noc(Cn3cc(CN)nn3)n2)n1. The summed E-state index contributed by atoms with van der Waals surface area (Å²) in [5.74, 6) is 0.892. The molecule has 19 heavy (non-hydrogen) atoms. The van der Waals surface area contributed by atoms with E-state index in [1.807, 2.05) is 19.3 Å². The van der Waals surface area contributed by atoms with E-state index in [4.69, 9.17) is 10.3 Å². The Balaban J connectivity index is 1.78. The summed E-state index contributed by atoms with van der Waals surface area (Å²) < 4.78 is 8.42. The first-order chi connectivity index (χ1) is 9.24. The van der Waals surface area contributed by atoms with E-state index in [-0.39, 0.29) is 0 Å². The average Bonchev–Trinajstić information content (AvgIpc) is 3.10. The van der Waals surface area contributed by atoms with E-state index in [1.54, 1.807) is 15.6 Å². The molecule has 3 heterocycles. The van der Waals surface area contributed by atoms with E-state index in [0.29, 0.717) is 36.2 Å². The molecule has 0 radical (unpaired) electrons. The first-order valence-electron chi connectivity index (χ1n) is 5.66. The first kappa shape index (κ1) is 11.5. The van der Waals surface area contributed by atoms with E-state index >= 15 is 0 Å². The maximum Gasteiger partial charge on any atom is 0.248 e. The van der Waals surface area contributed by atoms with E-state index in [9.17, 15) is 0 Å². The Morgan fingerprint density at radius 3 is 3.00 bits per heavy atom. The molecule has 0 atom stereocenters. The fraction of sp³-hybridized carbons (Fsp3) is 0.300. The number of rotatable bonds is 4. The highest BCUT2D eigenvalue weighted by molar-refractivity contribution is 5.46. The van der Waals surface area contributed by atoms with Crippen LogP contribution in [0, 0.1) is 0 Å². The Morgan fingerprint density at radius 1 is 1.42 bits per heavy atom. The summed E-state index contributed by atoms with van der Waals surface area (Å²) in [5.41, 5.74) is 6.84. The highest BCUT2D eigenvalue weighted by atomic mass is 16.5. The number of hydrogen-bond donors (Lipinski definition) is 1. The molecule has 9 nitrogen and oxygen atoms in total. The third kappa shape index (κ3) is 2.36. The predicted octanol–water partition coefficient (Wildman–Crippen LogP) is -0.431. The van der Waals surface area contributed by atoms with Crippen molar-refractivity contribution in [2.45, 2.75) is 13.1 Å². The van der Waals surface area contributed by atoms with Crippen LogP contribution in [0.1, 0.15) is 11.6 Å². The molecule has 0 aliphatic heterocycles. The average molecular weight is 260 g/mol. The lowest BCUT2D eigenvalue weighted by molar-refractivity contribution is 0.364. The Labute approximate surface area is 108 Å². The zero-order chi connectivity index (χ0) is 13.2. The minimum Gasteiger partial charge on any atom is -0.337 e. The summed E-state index contributed by atoms with van der Waals surface area (Å²) in [4.78, 5) is 4.25. The molecule has 0 amide bonds. The number of hydrogen-bond acceptors (Lipinski definition) is 7. The van der Waals surface area contributed by atoms with Crippen molar-refractivity contribution in [3.63, 3.8) is 0 Å². The van der Waals surface area contributed by atoms with Gasteiger partial charge >= 0.3 is 0 Å². The van der Waals surface area contributed by atoms with Gasteiger partial charge in [0.25, 0.3) is 0 Å². The van der Waals surface area contributed by atoms with Gasteiger partial charge < -0.3 is 10.3 Å². The Kier molecular flexibility index (Phi) is 2.80. The molecular weight excluding hydrogens is 248 g/mol. The Bertz CT molecular complexity index is 681. The summed E-state index contributed by atoms with van der Waals surface area (Å²) in [5, 5.41) is 15.9. The molecule has 0 aromatic carbocycles. The van der Waals surface area contributed by atoms with Crippen LogP contribution in [0.2, 0.25) is 0 Å². The summed E-state index contributed by atoms with van der Waals surface area (Å²) in [6.45, 7) is 0.704. The second-order valence-corrected chi connectivity index (χ2v) is 4.00. The lowest BCUT2D eigenvalue weighted by Crippen LogP contribution is -2.01. The van der Waals surface area contributed by atoms with Gasteiger partial charge in [-0.05, 0) is 6.07 Å². The van der Waals surface area contributed by atoms with Crippen molar-refractivity contribution in [3.8, 4) is 11.5 Å². The highest BCUT2D eigenvalue weighted by Gasteiger charge is 2.11. The molecule has 0 fully saturated rings. The van der Waals surface area contributed by atoms with Crippen molar-refractivity contribution in [2.75, 3.05) is 0 Å². The van der Waals surface area contributed by atoms with Gasteiger partial charge in [0.15, 0.2) is 0 Å². The van der Waals surface area contributed by atoms with Crippen molar-refractivity contribution in [3.05, 3.63) is 30.0 Å². The van der Waals surface area contributed by atoms with Gasteiger partial charge in [0.05, 0.1) is 11.9 Å². The molecule has 0 saturated heterocycles. The molecule has 98 valence electrons. The lowest BCUT2D eigenvalue weighted by atomic mass is 10.4. The van der Waals surface area contributed by atoms with Crippen LogP contribution < -0.4 is 5.73 Å². The van der Waals surface area contributed by atoms with Crippen molar-refractivity contribution in [2.24, 2.45) is 12.8 Å². The number of nitrogens with zero attached hydrogens (tertiary/aromatic N) is 7. The normalized spacial score (nSPS) is 11.1. The van der Waals surface area contributed by atoms with Gasteiger partial charge in [-0.3, -0.25) is 4.68 Å². The maximum absolute atomic E-state index is 5.46. The third-order valence-corrected chi connectivity index (χ3v) is 2.50. The second-order valence-electron chi connectivity index (χ2n) is 4.00.